The maximum Gasteiger partial charge on any atom is 0.314 e. The lowest BCUT2D eigenvalue weighted by Crippen LogP contribution is -2.31. The molecule has 0 aromatic heterocycles. The summed E-state index contributed by atoms with van der Waals surface area (Å²) in [6, 6.07) is 17.9. The molecule has 0 aliphatic rings. The molecular weight excluding hydrogens is 283 g/mol. The topological polar surface area (TPSA) is 54.4 Å². The molecule has 3 nitrogen and oxygen atoms in total. The molecule has 0 aliphatic carbocycles. The van der Waals surface area contributed by atoms with E-state index in [1.54, 1.807) is 48.5 Å². The van der Waals surface area contributed by atoms with E-state index in [9.17, 15) is 14.5 Å². The molecule has 1 unspecified atom stereocenters. The number of carbonyl (C=O) groups is 1. The normalized spacial score (nSPS) is 12.8. The van der Waals surface area contributed by atoms with Crippen LogP contribution in [0, 0.1) is 0 Å². The monoisotopic (exact) mass is 302 g/mol. The molecule has 2 aromatic rings. The highest BCUT2D eigenvalue weighted by Gasteiger charge is 2.40. The Kier molecular flexibility index (Phi) is 4.98. The van der Waals surface area contributed by atoms with E-state index in [0.717, 1.165) is 0 Å². The summed E-state index contributed by atoms with van der Waals surface area (Å²) in [5.41, 5.74) is -0.882. The molecule has 0 amide bonds. The van der Waals surface area contributed by atoms with Crippen molar-refractivity contribution in [1.82, 2.24) is 0 Å². The molecule has 2 aromatic carbocycles. The van der Waals surface area contributed by atoms with Gasteiger partial charge in [0.1, 0.15) is 5.66 Å². The Bertz CT molecular complexity index is 594. The first kappa shape index (κ1) is 15.5. The van der Waals surface area contributed by atoms with Crippen molar-refractivity contribution in [2.45, 2.75) is 25.4 Å². The maximum absolute atomic E-state index is 13.8. The largest absolute Gasteiger partial charge is 0.481 e. The molecule has 0 heterocycles. The molecule has 0 aliphatic heterocycles. The van der Waals surface area contributed by atoms with E-state index in [4.69, 9.17) is 0 Å². The first-order valence-corrected chi connectivity index (χ1v) is 8.82. The molecule has 0 fully saturated rings. The summed E-state index contributed by atoms with van der Waals surface area (Å²) in [6.07, 6.45) is 1.08. The number of hydrogen-bond acceptors (Lipinski definition) is 2. The third-order valence-corrected chi connectivity index (χ3v) is 7.05. The van der Waals surface area contributed by atoms with Gasteiger partial charge in [0.2, 0.25) is 0 Å². The van der Waals surface area contributed by atoms with Crippen LogP contribution >= 0.6 is 7.14 Å². The maximum atomic E-state index is 13.8. The van der Waals surface area contributed by atoms with Crippen LogP contribution in [0.5, 0.6) is 0 Å². The molecule has 0 radical (unpaired) electrons. The van der Waals surface area contributed by atoms with E-state index >= 15 is 0 Å². The lowest BCUT2D eigenvalue weighted by molar-refractivity contribution is -0.136. The molecular formula is C17H19O3P. The summed E-state index contributed by atoms with van der Waals surface area (Å²) in [6.45, 7) is 1.91. The van der Waals surface area contributed by atoms with Crippen molar-refractivity contribution in [2.24, 2.45) is 0 Å². The minimum atomic E-state index is -3.21. The molecule has 1 atom stereocenters. The van der Waals surface area contributed by atoms with Gasteiger partial charge in [0.15, 0.2) is 7.14 Å². The van der Waals surface area contributed by atoms with E-state index in [-0.39, 0.29) is 0 Å². The predicted molar refractivity (Wildman–Crippen MR) is 86.1 cm³/mol. The molecule has 21 heavy (non-hydrogen) atoms. The van der Waals surface area contributed by atoms with Crippen molar-refractivity contribution in [3.8, 4) is 0 Å². The van der Waals surface area contributed by atoms with Gasteiger partial charge in [-0.05, 0) is 6.42 Å². The van der Waals surface area contributed by atoms with Crippen LogP contribution in [0.2, 0.25) is 0 Å². The van der Waals surface area contributed by atoms with E-state index in [1.165, 1.54) is 0 Å². The van der Waals surface area contributed by atoms with Gasteiger partial charge in [-0.3, -0.25) is 4.79 Å². The van der Waals surface area contributed by atoms with E-state index in [0.29, 0.717) is 23.5 Å². The number of carboxylic acids is 1. The van der Waals surface area contributed by atoms with Crippen molar-refractivity contribution in [3.63, 3.8) is 0 Å². The Morgan fingerprint density at radius 3 is 1.76 bits per heavy atom. The van der Waals surface area contributed by atoms with Crippen molar-refractivity contribution in [2.75, 3.05) is 0 Å². The van der Waals surface area contributed by atoms with Gasteiger partial charge >= 0.3 is 5.97 Å². The van der Waals surface area contributed by atoms with Gasteiger partial charge in [0.25, 0.3) is 0 Å². The summed E-state index contributed by atoms with van der Waals surface area (Å²) in [7, 11) is -3.21. The van der Waals surface area contributed by atoms with Crippen LogP contribution in [0.25, 0.3) is 0 Å². The fourth-order valence-electron chi connectivity index (χ4n) is 2.54. The highest BCUT2D eigenvalue weighted by molar-refractivity contribution is 7.80. The Balaban J connectivity index is 2.65. The second-order valence-corrected chi connectivity index (χ2v) is 7.94. The van der Waals surface area contributed by atoms with Crippen LogP contribution in [-0.2, 0) is 9.36 Å². The number of hydrogen-bond donors (Lipinski definition) is 1. The summed E-state index contributed by atoms with van der Waals surface area (Å²) < 4.78 is 13.8. The Morgan fingerprint density at radius 1 is 1.00 bits per heavy atom. The minimum Gasteiger partial charge on any atom is -0.481 e. The average Bonchev–Trinajstić information content (AvgIpc) is 2.53. The highest BCUT2D eigenvalue weighted by atomic mass is 31.2. The fourth-order valence-corrected chi connectivity index (χ4v) is 5.72. The van der Waals surface area contributed by atoms with Crippen molar-refractivity contribution >= 4 is 23.7 Å². The molecule has 110 valence electrons. The van der Waals surface area contributed by atoms with Gasteiger partial charge in [-0.1, -0.05) is 74.0 Å². The number of carboxylic acid groups (broad SMARTS) is 1. The Morgan fingerprint density at radius 2 is 1.43 bits per heavy atom. The molecule has 0 spiro atoms. The molecule has 0 saturated heterocycles. The standard InChI is InChI=1S/C17H19O3P/c1-2-9-16(17(18)19)21(20,14-10-5-3-6-11-14)15-12-7-4-8-13-15/h3-8,10-13,16H,2,9H2,1H3,(H,18,19). The second-order valence-electron chi connectivity index (χ2n) is 4.97. The van der Waals surface area contributed by atoms with E-state index < -0.39 is 18.8 Å². The lowest BCUT2D eigenvalue weighted by Gasteiger charge is -2.25. The van der Waals surface area contributed by atoms with Gasteiger partial charge in [-0.25, -0.2) is 0 Å². The number of aliphatic carboxylic acids is 1. The quantitative estimate of drug-likeness (QED) is 0.833. The second kappa shape index (κ2) is 6.73. The van der Waals surface area contributed by atoms with Crippen LogP contribution in [0.4, 0.5) is 0 Å². The fraction of sp³-hybridized carbons (Fsp3) is 0.235. The summed E-state index contributed by atoms with van der Waals surface area (Å²) in [4.78, 5) is 11.7. The Labute approximate surface area is 125 Å². The van der Waals surface area contributed by atoms with E-state index in [1.807, 2.05) is 19.1 Å². The molecule has 4 heteroatoms. The molecule has 0 bridgehead atoms. The summed E-state index contributed by atoms with van der Waals surface area (Å²) >= 11 is 0. The van der Waals surface area contributed by atoms with Crippen LogP contribution in [0.15, 0.2) is 60.7 Å². The summed E-state index contributed by atoms with van der Waals surface area (Å²) in [5.74, 6) is -0.993. The SMILES string of the molecule is CCCC(C(=O)O)P(=O)(c1ccccc1)c1ccccc1. The van der Waals surface area contributed by atoms with Crippen LogP contribution < -0.4 is 10.6 Å². The Hall–Kier alpha value is -1.86. The summed E-state index contributed by atoms with van der Waals surface area (Å²) in [5, 5.41) is 10.8. The third kappa shape index (κ3) is 3.08. The predicted octanol–water partition coefficient (Wildman–Crippen LogP) is 3.25. The first-order valence-electron chi connectivity index (χ1n) is 7.04. The highest BCUT2D eigenvalue weighted by Crippen LogP contribution is 2.50. The van der Waals surface area contributed by atoms with Crippen molar-refractivity contribution in [1.29, 1.82) is 0 Å². The van der Waals surface area contributed by atoms with Gasteiger partial charge in [0.05, 0.1) is 0 Å². The third-order valence-electron chi connectivity index (χ3n) is 3.57. The lowest BCUT2D eigenvalue weighted by atomic mass is 10.2. The minimum absolute atomic E-state index is 0.399. The number of rotatable bonds is 6. The average molecular weight is 302 g/mol. The molecule has 1 N–H and O–H groups in total. The zero-order valence-electron chi connectivity index (χ0n) is 12.0. The van der Waals surface area contributed by atoms with Gasteiger partial charge in [-0.15, -0.1) is 0 Å². The first-order chi connectivity index (χ1) is 10.1. The zero-order chi connectivity index (χ0) is 15.3. The van der Waals surface area contributed by atoms with E-state index in [2.05, 4.69) is 0 Å². The van der Waals surface area contributed by atoms with Crippen molar-refractivity contribution in [3.05, 3.63) is 60.7 Å². The van der Waals surface area contributed by atoms with Crippen molar-refractivity contribution < 1.29 is 14.5 Å². The molecule has 0 saturated carbocycles. The zero-order valence-corrected chi connectivity index (χ0v) is 12.9. The molecule has 2 rings (SSSR count). The van der Waals surface area contributed by atoms with Gasteiger partial charge < -0.3 is 9.67 Å². The van der Waals surface area contributed by atoms with Gasteiger partial charge in [0, 0.05) is 10.6 Å². The van der Waals surface area contributed by atoms with Crippen LogP contribution in [-0.4, -0.2) is 16.7 Å². The number of benzene rings is 2. The van der Waals surface area contributed by atoms with Crippen LogP contribution in [0.1, 0.15) is 19.8 Å². The van der Waals surface area contributed by atoms with Crippen LogP contribution in [0.3, 0.4) is 0 Å². The van der Waals surface area contributed by atoms with Gasteiger partial charge in [-0.2, -0.15) is 0 Å². The smallest absolute Gasteiger partial charge is 0.314 e.